The fourth-order valence-electron chi connectivity index (χ4n) is 2.34. The molecule has 0 saturated carbocycles. The van der Waals surface area contributed by atoms with Crippen molar-refractivity contribution >= 4 is 27.6 Å². The molecule has 0 spiro atoms. The van der Waals surface area contributed by atoms with E-state index in [-0.39, 0.29) is 10.5 Å². The third-order valence-electron chi connectivity index (χ3n) is 4.05. The van der Waals surface area contributed by atoms with Gasteiger partial charge >= 0.3 is 5.97 Å². The first-order valence-electron chi connectivity index (χ1n) is 8.87. The highest BCUT2D eigenvalue weighted by atomic mass is 32.2. The molecule has 0 aliphatic heterocycles. The van der Waals surface area contributed by atoms with Gasteiger partial charge in [0.15, 0.2) is 6.61 Å². The van der Waals surface area contributed by atoms with Gasteiger partial charge in [-0.15, -0.1) is 0 Å². The lowest BCUT2D eigenvalue weighted by Gasteiger charge is -2.09. The van der Waals surface area contributed by atoms with Crippen molar-refractivity contribution in [3.05, 3.63) is 59.2 Å². The molecule has 2 N–H and O–H groups in total. The first-order valence-corrected chi connectivity index (χ1v) is 10.3. The first-order chi connectivity index (χ1) is 13.2. The minimum absolute atomic E-state index is 0.0324. The van der Waals surface area contributed by atoms with Gasteiger partial charge in [-0.1, -0.05) is 19.1 Å². The second-order valence-electron chi connectivity index (χ2n) is 6.35. The van der Waals surface area contributed by atoms with Crippen molar-refractivity contribution in [2.75, 3.05) is 18.5 Å². The summed E-state index contributed by atoms with van der Waals surface area (Å²) >= 11 is 0. The molecule has 0 fully saturated rings. The second-order valence-corrected chi connectivity index (χ2v) is 8.12. The number of benzene rings is 2. The molecule has 2 aromatic carbocycles. The van der Waals surface area contributed by atoms with Gasteiger partial charge in [-0.2, -0.15) is 0 Å². The van der Waals surface area contributed by atoms with Crippen LogP contribution in [-0.2, 0) is 19.6 Å². The number of rotatable bonds is 8. The number of anilines is 1. The van der Waals surface area contributed by atoms with E-state index >= 15 is 0 Å². The predicted octanol–water partition coefficient (Wildman–Crippen LogP) is 2.79. The first kappa shape index (κ1) is 21.6. The average Bonchev–Trinajstić information content (AvgIpc) is 2.67. The van der Waals surface area contributed by atoms with E-state index in [1.54, 1.807) is 6.07 Å². The lowest BCUT2D eigenvalue weighted by atomic mass is 10.1. The zero-order chi connectivity index (χ0) is 20.7. The second kappa shape index (κ2) is 9.48. The van der Waals surface area contributed by atoms with Crippen molar-refractivity contribution in [1.29, 1.82) is 0 Å². The monoisotopic (exact) mass is 404 g/mol. The number of nitrogens with one attached hydrogen (secondary N) is 2. The molecule has 0 saturated heterocycles. The molecular formula is C20H24N2O5S. The van der Waals surface area contributed by atoms with E-state index in [0.717, 1.165) is 11.1 Å². The highest BCUT2D eigenvalue weighted by Crippen LogP contribution is 2.15. The third kappa shape index (κ3) is 5.90. The summed E-state index contributed by atoms with van der Waals surface area (Å²) in [7, 11) is -3.70. The number of carbonyl (C=O) groups excluding carboxylic acids is 2. The van der Waals surface area contributed by atoms with E-state index in [1.165, 1.54) is 24.3 Å². The Bertz CT molecular complexity index is 970. The van der Waals surface area contributed by atoms with Crippen LogP contribution in [0.15, 0.2) is 47.4 Å². The molecule has 150 valence electrons. The van der Waals surface area contributed by atoms with Crippen LogP contribution in [0.2, 0.25) is 0 Å². The number of hydrogen-bond donors (Lipinski definition) is 2. The molecule has 0 atom stereocenters. The zero-order valence-corrected chi connectivity index (χ0v) is 16.9. The minimum atomic E-state index is -3.70. The Labute approximate surface area is 165 Å². The van der Waals surface area contributed by atoms with E-state index in [4.69, 9.17) is 4.74 Å². The Morgan fingerprint density at radius 1 is 1.04 bits per heavy atom. The molecule has 2 aromatic rings. The van der Waals surface area contributed by atoms with Gasteiger partial charge in [-0.3, -0.25) is 4.79 Å². The highest BCUT2D eigenvalue weighted by Gasteiger charge is 2.17. The molecule has 0 unspecified atom stereocenters. The van der Waals surface area contributed by atoms with Gasteiger partial charge in [0.25, 0.3) is 5.91 Å². The fraction of sp³-hybridized carbons (Fsp3) is 0.300. The summed E-state index contributed by atoms with van der Waals surface area (Å²) in [6.45, 7) is 5.57. The Balaban J connectivity index is 1.98. The third-order valence-corrected chi connectivity index (χ3v) is 5.51. The standard InChI is InChI=1S/C20H24N2O5S/c1-4-10-21-28(25,26)18-7-5-6-16(12-18)20(24)27-13-19(23)22-17-9-8-14(2)15(3)11-17/h5-9,11-12,21H,4,10,13H2,1-3H3,(H,22,23). The highest BCUT2D eigenvalue weighted by molar-refractivity contribution is 7.89. The fourth-order valence-corrected chi connectivity index (χ4v) is 3.52. The molecule has 0 aliphatic carbocycles. The van der Waals surface area contributed by atoms with Gasteiger partial charge in [0.2, 0.25) is 10.0 Å². The van der Waals surface area contributed by atoms with Gasteiger partial charge in [-0.25, -0.2) is 17.9 Å². The topological polar surface area (TPSA) is 102 Å². The van der Waals surface area contributed by atoms with Crippen LogP contribution >= 0.6 is 0 Å². The summed E-state index contributed by atoms with van der Waals surface area (Å²) in [6.07, 6.45) is 0.649. The normalized spacial score (nSPS) is 11.1. The smallest absolute Gasteiger partial charge is 0.338 e. The molecule has 2 rings (SSSR count). The molecule has 0 bridgehead atoms. The Morgan fingerprint density at radius 3 is 2.46 bits per heavy atom. The van der Waals surface area contributed by atoms with Crippen molar-refractivity contribution in [1.82, 2.24) is 4.72 Å². The molecule has 0 aliphatic rings. The van der Waals surface area contributed by atoms with E-state index in [9.17, 15) is 18.0 Å². The lowest BCUT2D eigenvalue weighted by Crippen LogP contribution is -2.25. The number of ether oxygens (including phenoxy) is 1. The molecule has 28 heavy (non-hydrogen) atoms. The van der Waals surface area contributed by atoms with Gasteiger partial charge in [0.1, 0.15) is 0 Å². The van der Waals surface area contributed by atoms with Crippen molar-refractivity contribution < 1.29 is 22.7 Å². The maximum absolute atomic E-state index is 12.2. The number of esters is 1. The molecule has 0 heterocycles. The molecule has 7 nitrogen and oxygen atoms in total. The van der Waals surface area contributed by atoms with Crippen LogP contribution in [0.1, 0.15) is 34.8 Å². The molecule has 8 heteroatoms. The Kier molecular flexibility index (Phi) is 7.31. The van der Waals surface area contributed by atoms with Crippen LogP contribution in [-0.4, -0.2) is 33.4 Å². The summed E-state index contributed by atoms with van der Waals surface area (Å²) in [5, 5.41) is 2.65. The predicted molar refractivity (Wildman–Crippen MR) is 107 cm³/mol. The van der Waals surface area contributed by atoms with Crippen LogP contribution in [0.3, 0.4) is 0 Å². The van der Waals surface area contributed by atoms with E-state index in [1.807, 2.05) is 32.9 Å². The number of aryl methyl sites for hydroxylation is 2. The maximum Gasteiger partial charge on any atom is 0.338 e. The van der Waals surface area contributed by atoms with Crippen LogP contribution in [0.25, 0.3) is 0 Å². The van der Waals surface area contributed by atoms with E-state index < -0.39 is 28.5 Å². The molecule has 0 aromatic heterocycles. The molecule has 0 radical (unpaired) electrons. The summed E-state index contributed by atoms with van der Waals surface area (Å²) in [5.41, 5.74) is 2.80. The SMILES string of the molecule is CCCNS(=O)(=O)c1cccc(C(=O)OCC(=O)Nc2ccc(C)c(C)c2)c1. The largest absolute Gasteiger partial charge is 0.452 e. The summed E-state index contributed by atoms with van der Waals surface area (Å²) in [4.78, 5) is 24.1. The Hall–Kier alpha value is -2.71. The van der Waals surface area contributed by atoms with Crippen molar-refractivity contribution in [3.8, 4) is 0 Å². The molecular weight excluding hydrogens is 380 g/mol. The van der Waals surface area contributed by atoms with Crippen LogP contribution in [0.5, 0.6) is 0 Å². The van der Waals surface area contributed by atoms with Crippen LogP contribution < -0.4 is 10.0 Å². The van der Waals surface area contributed by atoms with Crippen molar-refractivity contribution in [2.24, 2.45) is 0 Å². The summed E-state index contributed by atoms with van der Waals surface area (Å²) in [6, 6.07) is 11.0. The Morgan fingerprint density at radius 2 is 1.79 bits per heavy atom. The zero-order valence-electron chi connectivity index (χ0n) is 16.1. The van der Waals surface area contributed by atoms with Gasteiger partial charge < -0.3 is 10.1 Å². The summed E-state index contributed by atoms with van der Waals surface area (Å²) < 4.78 is 31.8. The van der Waals surface area contributed by atoms with Gasteiger partial charge in [0.05, 0.1) is 10.5 Å². The molecule has 1 amide bonds. The number of amides is 1. The van der Waals surface area contributed by atoms with Crippen molar-refractivity contribution in [3.63, 3.8) is 0 Å². The van der Waals surface area contributed by atoms with Crippen molar-refractivity contribution in [2.45, 2.75) is 32.1 Å². The van der Waals surface area contributed by atoms with E-state index in [2.05, 4.69) is 10.0 Å². The maximum atomic E-state index is 12.2. The number of carbonyl (C=O) groups is 2. The average molecular weight is 404 g/mol. The van der Waals surface area contributed by atoms with E-state index in [0.29, 0.717) is 18.7 Å². The summed E-state index contributed by atoms with van der Waals surface area (Å²) in [5.74, 6) is -1.26. The lowest BCUT2D eigenvalue weighted by molar-refractivity contribution is -0.119. The number of hydrogen-bond acceptors (Lipinski definition) is 5. The number of sulfonamides is 1. The van der Waals surface area contributed by atoms with Crippen LogP contribution in [0.4, 0.5) is 5.69 Å². The quantitative estimate of drug-likeness (QED) is 0.659. The van der Waals surface area contributed by atoms with Gasteiger partial charge in [0, 0.05) is 12.2 Å². The van der Waals surface area contributed by atoms with Crippen LogP contribution in [0, 0.1) is 13.8 Å². The minimum Gasteiger partial charge on any atom is -0.452 e. The van der Waals surface area contributed by atoms with Gasteiger partial charge in [-0.05, 0) is 61.7 Å².